The lowest BCUT2D eigenvalue weighted by Crippen LogP contribution is -2.33. The van der Waals surface area contributed by atoms with Gasteiger partial charge in [-0.3, -0.25) is 0 Å². The van der Waals surface area contributed by atoms with Gasteiger partial charge in [-0.05, 0) is 26.3 Å². The molecule has 0 spiro atoms. The lowest BCUT2D eigenvalue weighted by molar-refractivity contribution is 0.633. The van der Waals surface area contributed by atoms with Gasteiger partial charge in [-0.1, -0.05) is 0 Å². The summed E-state index contributed by atoms with van der Waals surface area (Å²) in [5.74, 6) is 1.14. The molecule has 0 aliphatic rings. The summed E-state index contributed by atoms with van der Waals surface area (Å²) in [6.07, 6.45) is 3.55. The summed E-state index contributed by atoms with van der Waals surface area (Å²) in [6.45, 7) is 5.96. The van der Waals surface area contributed by atoms with Crippen LogP contribution in [0, 0.1) is 6.92 Å². The fourth-order valence-electron chi connectivity index (χ4n) is 0.793. The van der Waals surface area contributed by atoms with Crippen molar-refractivity contribution in [2.75, 3.05) is 11.2 Å². The number of nitrogens with one attached hydrogen (secondary N) is 1. The summed E-state index contributed by atoms with van der Waals surface area (Å²) in [7, 11) is 0. The molecule has 0 radical (unpaired) electrons. The van der Waals surface area contributed by atoms with Crippen LogP contribution < -0.4 is 5.32 Å². The van der Waals surface area contributed by atoms with Gasteiger partial charge in [0.15, 0.2) is 0 Å². The smallest absolute Gasteiger partial charge is 0.223 e. The molecule has 1 N–H and O–H groups in total. The van der Waals surface area contributed by atoms with Crippen LogP contribution in [0.1, 0.15) is 19.4 Å². The summed E-state index contributed by atoms with van der Waals surface area (Å²) in [5.41, 5.74) is 0.880. The van der Waals surface area contributed by atoms with E-state index in [9.17, 15) is 0 Å². The molecule has 4 heteroatoms. The summed E-state index contributed by atoms with van der Waals surface area (Å²) in [6, 6.07) is 0. The third-order valence-electron chi connectivity index (χ3n) is 1.57. The maximum absolute atomic E-state index is 5.76. The number of nitrogens with zero attached hydrogens (tertiary/aromatic N) is 2. The van der Waals surface area contributed by atoms with Crippen LogP contribution in [-0.4, -0.2) is 21.4 Å². The zero-order valence-electron chi connectivity index (χ0n) is 8.13. The van der Waals surface area contributed by atoms with E-state index in [1.54, 1.807) is 12.4 Å². The second kappa shape index (κ2) is 3.92. The van der Waals surface area contributed by atoms with Gasteiger partial charge in [0.2, 0.25) is 5.95 Å². The summed E-state index contributed by atoms with van der Waals surface area (Å²) < 4.78 is 0. The molecule has 72 valence electrons. The van der Waals surface area contributed by atoms with Crippen molar-refractivity contribution in [2.45, 2.75) is 26.3 Å². The third-order valence-corrected chi connectivity index (χ3v) is 2.23. The van der Waals surface area contributed by atoms with Crippen LogP contribution in [-0.2, 0) is 0 Å². The Balaban J connectivity index is 2.69. The number of halogens is 1. The van der Waals surface area contributed by atoms with Crippen LogP contribution >= 0.6 is 11.6 Å². The van der Waals surface area contributed by atoms with E-state index >= 15 is 0 Å². The fourth-order valence-corrected chi connectivity index (χ4v) is 0.860. The monoisotopic (exact) mass is 199 g/mol. The fraction of sp³-hybridized carbons (Fsp3) is 0.556. The van der Waals surface area contributed by atoms with Crippen LogP contribution in [0.3, 0.4) is 0 Å². The first-order chi connectivity index (χ1) is 6.03. The maximum Gasteiger partial charge on any atom is 0.223 e. The minimum absolute atomic E-state index is 0.170. The standard InChI is InChI=1S/C9H14ClN3/c1-7-4-11-8(12-5-7)13-9(2,3)6-10/h4-5H,6H2,1-3H3,(H,11,12,13). The summed E-state index contributed by atoms with van der Waals surface area (Å²) >= 11 is 5.76. The van der Waals surface area contributed by atoms with Crippen molar-refractivity contribution in [3.8, 4) is 0 Å². The number of hydrogen-bond donors (Lipinski definition) is 1. The Labute approximate surface area is 83.5 Å². The number of rotatable bonds is 3. The Morgan fingerprint density at radius 2 is 1.92 bits per heavy atom. The minimum Gasteiger partial charge on any atom is -0.348 e. The summed E-state index contributed by atoms with van der Waals surface area (Å²) in [4.78, 5) is 8.26. The molecule has 0 bridgehead atoms. The molecule has 1 heterocycles. The van der Waals surface area contributed by atoms with Gasteiger partial charge in [0.1, 0.15) is 0 Å². The van der Waals surface area contributed by atoms with Gasteiger partial charge in [-0.25, -0.2) is 9.97 Å². The Bertz CT molecular complexity index is 269. The molecule has 0 atom stereocenters. The van der Waals surface area contributed by atoms with E-state index in [1.807, 2.05) is 20.8 Å². The second-order valence-electron chi connectivity index (χ2n) is 3.73. The number of aromatic nitrogens is 2. The van der Waals surface area contributed by atoms with Gasteiger partial charge in [-0.2, -0.15) is 0 Å². The number of alkyl halides is 1. The van der Waals surface area contributed by atoms with E-state index in [2.05, 4.69) is 15.3 Å². The zero-order valence-corrected chi connectivity index (χ0v) is 8.89. The first kappa shape index (κ1) is 10.3. The highest BCUT2D eigenvalue weighted by molar-refractivity contribution is 6.18. The average Bonchev–Trinajstić information content (AvgIpc) is 2.09. The van der Waals surface area contributed by atoms with Crippen LogP contribution in [0.4, 0.5) is 5.95 Å². The molecule has 1 rings (SSSR count). The van der Waals surface area contributed by atoms with Crippen LogP contribution in [0.2, 0.25) is 0 Å². The quantitative estimate of drug-likeness (QED) is 0.759. The van der Waals surface area contributed by atoms with E-state index in [-0.39, 0.29) is 5.54 Å². The van der Waals surface area contributed by atoms with E-state index in [0.29, 0.717) is 11.8 Å². The van der Waals surface area contributed by atoms with Crippen molar-refractivity contribution >= 4 is 17.5 Å². The first-order valence-electron chi connectivity index (χ1n) is 4.16. The minimum atomic E-state index is -0.170. The van der Waals surface area contributed by atoms with Crippen molar-refractivity contribution in [1.82, 2.24) is 9.97 Å². The predicted molar refractivity (Wildman–Crippen MR) is 55.2 cm³/mol. The van der Waals surface area contributed by atoms with E-state index < -0.39 is 0 Å². The number of hydrogen-bond acceptors (Lipinski definition) is 3. The normalized spacial score (nSPS) is 11.4. The molecule has 0 aromatic carbocycles. The van der Waals surface area contributed by atoms with Crippen molar-refractivity contribution in [2.24, 2.45) is 0 Å². The molecule has 1 aromatic heterocycles. The van der Waals surface area contributed by atoms with E-state index in [4.69, 9.17) is 11.6 Å². The van der Waals surface area contributed by atoms with Gasteiger partial charge in [0.05, 0.1) is 0 Å². The van der Waals surface area contributed by atoms with Crippen LogP contribution in [0.25, 0.3) is 0 Å². The van der Waals surface area contributed by atoms with Gasteiger partial charge >= 0.3 is 0 Å². The molecule has 13 heavy (non-hydrogen) atoms. The SMILES string of the molecule is Cc1cnc(NC(C)(C)CCl)nc1. The highest BCUT2D eigenvalue weighted by Crippen LogP contribution is 2.11. The van der Waals surface area contributed by atoms with Gasteiger partial charge in [-0.15, -0.1) is 11.6 Å². The highest BCUT2D eigenvalue weighted by Gasteiger charge is 2.16. The molecule has 1 aromatic rings. The zero-order chi connectivity index (χ0) is 9.90. The predicted octanol–water partition coefficient (Wildman–Crippen LogP) is 2.21. The van der Waals surface area contributed by atoms with Crippen molar-refractivity contribution < 1.29 is 0 Å². The molecule has 3 nitrogen and oxygen atoms in total. The molecule has 0 unspecified atom stereocenters. The molecular formula is C9H14ClN3. The molecule has 0 aliphatic carbocycles. The highest BCUT2D eigenvalue weighted by atomic mass is 35.5. The molecule has 0 amide bonds. The lowest BCUT2D eigenvalue weighted by Gasteiger charge is -2.22. The van der Waals surface area contributed by atoms with E-state index in [0.717, 1.165) is 5.56 Å². The van der Waals surface area contributed by atoms with Gasteiger partial charge < -0.3 is 5.32 Å². The van der Waals surface area contributed by atoms with Crippen molar-refractivity contribution in [3.05, 3.63) is 18.0 Å². The largest absolute Gasteiger partial charge is 0.348 e. The maximum atomic E-state index is 5.76. The second-order valence-corrected chi connectivity index (χ2v) is 3.99. The Morgan fingerprint density at radius 1 is 1.38 bits per heavy atom. The molecule has 0 saturated heterocycles. The van der Waals surface area contributed by atoms with Crippen molar-refractivity contribution in [1.29, 1.82) is 0 Å². The lowest BCUT2D eigenvalue weighted by atomic mass is 10.1. The number of anilines is 1. The van der Waals surface area contributed by atoms with Crippen molar-refractivity contribution in [3.63, 3.8) is 0 Å². The Hall–Kier alpha value is -0.830. The molecule has 0 aliphatic heterocycles. The molecule has 0 fully saturated rings. The molecular weight excluding hydrogens is 186 g/mol. The molecule has 0 saturated carbocycles. The van der Waals surface area contributed by atoms with Crippen LogP contribution in [0.5, 0.6) is 0 Å². The van der Waals surface area contributed by atoms with Gasteiger partial charge in [0, 0.05) is 23.8 Å². The van der Waals surface area contributed by atoms with Gasteiger partial charge in [0.25, 0.3) is 0 Å². The van der Waals surface area contributed by atoms with E-state index in [1.165, 1.54) is 0 Å². The third kappa shape index (κ3) is 3.19. The average molecular weight is 200 g/mol. The topological polar surface area (TPSA) is 37.8 Å². The Kier molecular flexibility index (Phi) is 3.09. The Morgan fingerprint density at radius 3 is 2.38 bits per heavy atom. The van der Waals surface area contributed by atoms with Crippen LogP contribution in [0.15, 0.2) is 12.4 Å². The first-order valence-corrected chi connectivity index (χ1v) is 4.70. The summed E-state index contributed by atoms with van der Waals surface area (Å²) in [5, 5.41) is 3.14. The number of aryl methyl sites for hydroxylation is 1.